The number of hydrogen-bond donors (Lipinski definition) is 1. The molecule has 0 amide bonds. The molecule has 0 spiro atoms. The Morgan fingerprint density at radius 2 is 1.61 bits per heavy atom. The molecule has 8 nitrogen and oxygen atoms in total. The van der Waals surface area contributed by atoms with Gasteiger partial charge in [0.1, 0.15) is 0 Å². The molecule has 126 valence electrons. The fourth-order valence-corrected chi connectivity index (χ4v) is 2.49. The van der Waals surface area contributed by atoms with Crippen LogP contribution in [0.15, 0.2) is 0 Å². The monoisotopic (exact) mass is 326 g/mol. The molecule has 23 heavy (non-hydrogen) atoms. The lowest BCUT2D eigenvalue weighted by atomic mass is 9.94. The third kappa shape index (κ3) is 4.54. The van der Waals surface area contributed by atoms with Gasteiger partial charge in [-0.2, -0.15) is 0 Å². The van der Waals surface area contributed by atoms with Crippen LogP contribution in [-0.2, 0) is 33.5 Å². The Labute approximate surface area is 132 Å². The zero-order valence-electron chi connectivity index (χ0n) is 12.7. The molecule has 1 aliphatic carbocycles. The van der Waals surface area contributed by atoms with E-state index in [0.29, 0.717) is 25.7 Å². The molecule has 0 aromatic heterocycles. The molecule has 8 heteroatoms. The van der Waals surface area contributed by atoms with Crippen LogP contribution in [0.4, 0.5) is 0 Å². The third-order valence-electron chi connectivity index (χ3n) is 3.73. The minimum atomic E-state index is -1.87. The minimum absolute atomic E-state index is 0.0511. The maximum atomic E-state index is 12.0. The third-order valence-corrected chi connectivity index (χ3v) is 3.73. The average Bonchev–Trinajstić information content (AvgIpc) is 2.72. The van der Waals surface area contributed by atoms with Gasteiger partial charge in [0, 0.05) is 6.42 Å². The van der Waals surface area contributed by atoms with Crippen molar-refractivity contribution in [1.29, 1.82) is 0 Å². The van der Waals surface area contributed by atoms with Crippen LogP contribution in [0.2, 0.25) is 0 Å². The fourth-order valence-electron chi connectivity index (χ4n) is 2.49. The summed E-state index contributed by atoms with van der Waals surface area (Å²) in [6.07, 6.45) is 2.34. The van der Waals surface area contributed by atoms with Crippen LogP contribution in [0.3, 0.4) is 0 Å². The summed E-state index contributed by atoms with van der Waals surface area (Å²) in [4.78, 5) is 68.7. The van der Waals surface area contributed by atoms with Crippen molar-refractivity contribution in [1.82, 2.24) is 0 Å². The van der Waals surface area contributed by atoms with E-state index < -0.39 is 46.9 Å². The lowest BCUT2D eigenvalue weighted by Crippen LogP contribution is -2.33. The summed E-state index contributed by atoms with van der Waals surface area (Å²) < 4.78 is 4.18. The molecule has 2 atom stereocenters. The number of aliphatic carboxylic acids is 1. The van der Waals surface area contributed by atoms with E-state index in [1.165, 1.54) is 0 Å². The maximum absolute atomic E-state index is 12.0. The van der Waals surface area contributed by atoms with Gasteiger partial charge in [0.2, 0.25) is 11.6 Å². The van der Waals surface area contributed by atoms with Gasteiger partial charge in [-0.1, -0.05) is 19.3 Å². The van der Waals surface area contributed by atoms with Gasteiger partial charge in [0.05, 0.1) is 13.0 Å². The van der Waals surface area contributed by atoms with E-state index in [-0.39, 0.29) is 12.8 Å². The van der Waals surface area contributed by atoms with E-state index >= 15 is 0 Å². The predicted molar refractivity (Wildman–Crippen MR) is 74.4 cm³/mol. The van der Waals surface area contributed by atoms with Crippen LogP contribution in [-0.4, -0.2) is 47.3 Å². The Hall–Kier alpha value is -2.38. The average molecular weight is 326 g/mol. The lowest BCUT2D eigenvalue weighted by molar-refractivity contribution is -0.156. The summed E-state index contributed by atoms with van der Waals surface area (Å²) in [5.41, 5.74) is 0. The summed E-state index contributed by atoms with van der Waals surface area (Å²) in [7, 11) is 0.945. The maximum Gasteiger partial charge on any atom is 0.375 e. The SMILES string of the molecule is COC(=O)C(=O)C1C(=O)C(=O)C(CCCCCCC(=O)O)C1=O. The van der Waals surface area contributed by atoms with Crippen molar-refractivity contribution in [2.45, 2.75) is 38.5 Å². The molecular weight excluding hydrogens is 308 g/mol. The largest absolute Gasteiger partial charge is 0.481 e. The van der Waals surface area contributed by atoms with E-state index in [0.717, 1.165) is 7.11 Å². The van der Waals surface area contributed by atoms with Crippen LogP contribution >= 0.6 is 0 Å². The minimum Gasteiger partial charge on any atom is -0.481 e. The van der Waals surface area contributed by atoms with Crippen LogP contribution in [0.25, 0.3) is 0 Å². The number of hydrogen-bond acceptors (Lipinski definition) is 7. The van der Waals surface area contributed by atoms with Crippen molar-refractivity contribution in [3.63, 3.8) is 0 Å². The highest BCUT2D eigenvalue weighted by Crippen LogP contribution is 2.27. The number of rotatable bonds is 9. The second kappa shape index (κ2) is 8.30. The molecule has 1 saturated carbocycles. The first kappa shape index (κ1) is 18.7. The summed E-state index contributed by atoms with van der Waals surface area (Å²) >= 11 is 0. The van der Waals surface area contributed by atoms with Gasteiger partial charge in [0.25, 0.3) is 5.78 Å². The number of esters is 1. The lowest BCUT2D eigenvalue weighted by Gasteiger charge is -2.06. The standard InChI is InChI=1S/C15H18O8/c1-23-15(22)14(21)10-11(18)8(12(19)13(10)20)6-4-2-3-5-7-9(16)17/h8,10H,2-7H2,1H3,(H,16,17). The molecule has 0 bridgehead atoms. The molecule has 0 aromatic carbocycles. The number of Topliss-reactive ketones (excluding diaryl/α,β-unsaturated/α-hetero) is 4. The van der Waals surface area contributed by atoms with E-state index in [4.69, 9.17) is 5.11 Å². The predicted octanol–water partition coefficient (Wildman–Crippen LogP) is 0.107. The Bertz CT molecular complexity index is 548. The topological polar surface area (TPSA) is 132 Å². The summed E-state index contributed by atoms with van der Waals surface area (Å²) in [6, 6.07) is 0. The molecule has 1 fully saturated rings. The molecule has 0 radical (unpaired) electrons. The molecule has 0 heterocycles. The van der Waals surface area contributed by atoms with E-state index in [1.807, 2.05) is 0 Å². The summed E-state index contributed by atoms with van der Waals surface area (Å²) in [6.45, 7) is 0. The quantitative estimate of drug-likeness (QED) is 0.273. The smallest absolute Gasteiger partial charge is 0.375 e. The summed E-state index contributed by atoms with van der Waals surface area (Å²) in [5, 5.41) is 8.49. The highest BCUT2D eigenvalue weighted by atomic mass is 16.5. The van der Waals surface area contributed by atoms with Crippen molar-refractivity contribution in [3.05, 3.63) is 0 Å². The van der Waals surface area contributed by atoms with Gasteiger partial charge in [-0.15, -0.1) is 0 Å². The normalized spacial score (nSPS) is 20.7. The van der Waals surface area contributed by atoms with Crippen LogP contribution < -0.4 is 0 Å². The number of carbonyl (C=O) groups is 6. The first-order valence-electron chi connectivity index (χ1n) is 7.27. The molecule has 2 unspecified atom stereocenters. The number of ketones is 4. The van der Waals surface area contributed by atoms with E-state index in [9.17, 15) is 28.8 Å². The van der Waals surface area contributed by atoms with Gasteiger partial charge in [-0.05, 0) is 12.8 Å². The second-order valence-electron chi connectivity index (χ2n) is 5.32. The number of carbonyl (C=O) groups excluding carboxylic acids is 5. The van der Waals surface area contributed by atoms with E-state index in [2.05, 4.69) is 4.74 Å². The van der Waals surface area contributed by atoms with Crippen molar-refractivity contribution in [2.24, 2.45) is 11.8 Å². The highest BCUT2D eigenvalue weighted by molar-refractivity contribution is 6.60. The van der Waals surface area contributed by atoms with E-state index in [1.54, 1.807) is 0 Å². The highest BCUT2D eigenvalue weighted by Gasteiger charge is 2.53. The molecule has 0 aromatic rings. The van der Waals surface area contributed by atoms with Gasteiger partial charge in [-0.25, -0.2) is 4.79 Å². The van der Waals surface area contributed by atoms with Gasteiger partial charge in [-0.3, -0.25) is 24.0 Å². The van der Waals surface area contributed by atoms with Gasteiger partial charge >= 0.3 is 11.9 Å². The number of ether oxygens (including phenoxy) is 1. The second-order valence-corrected chi connectivity index (χ2v) is 5.32. The van der Waals surface area contributed by atoms with Crippen molar-refractivity contribution < 1.29 is 38.6 Å². The number of methoxy groups -OCH3 is 1. The first-order chi connectivity index (χ1) is 10.8. The Morgan fingerprint density at radius 1 is 1.00 bits per heavy atom. The zero-order chi connectivity index (χ0) is 17.6. The Morgan fingerprint density at radius 3 is 2.17 bits per heavy atom. The van der Waals surface area contributed by atoms with Crippen LogP contribution in [0.1, 0.15) is 38.5 Å². The molecule has 1 N–H and O–H groups in total. The Balaban J connectivity index is 2.54. The zero-order valence-corrected chi connectivity index (χ0v) is 12.7. The molecule has 0 aliphatic heterocycles. The fraction of sp³-hybridized carbons (Fsp3) is 0.600. The van der Waals surface area contributed by atoms with Crippen LogP contribution in [0, 0.1) is 11.8 Å². The van der Waals surface area contributed by atoms with Crippen molar-refractivity contribution >= 4 is 35.1 Å². The first-order valence-corrected chi connectivity index (χ1v) is 7.27. The molecule has 1 aliphatic rings. The van der Waals surface area contributed by atoms with Crippen LogP contribution in [0.5, 0.6) is 0 Å². The summed E-state index contributed by atoms with van der Waals surface area (Å²) in [5.74, 6) is -9.52. The molecular formula is C15H18O8. The number of unbranched alkanes of at least 4 members (excludes halogenated alkanes) is 3. The Kier molecular flexibility index (Phi) is 6.74. The van der Waals surface area contributed by atoms with Crippen molar-refractivity contribution in [3.8, 4) is 0 Å². The number of carboxylic acid groups (broad SMARTS) is 1. The van der Waals surface area contributed by atoms with Gasteiger partial charge in [0.15, 0.2) is 11.7 Å². The van der Waals surface area contributed by atoms with Crippen molar-refractivity contribution in [2.75, 3.05) is 7.11 Å². The number of carboxylic acids is 1. The molecule has 1 rings (SSSR count). The molecule has 0 saturated heterocycles. The van der Waals surface area contributed by atoms with Gasteiger partial charge < -0.3 is 9.84 Å².